The third kappa shape index (κ3) is 4.16. The van der Waals surface area contributed by atoms with E-state index in [-0.39, 0.29) is 19.1 Å². The quantitative estimate of drug-likeness (QED) is 0.677. The van der Waals surface area contributed by atoms with Crippen molar-refractivity contribution in [1.29, 1.82) is 0 Å². The Hall–Kier alpha value is -2.74. The van der Waals surface area contributed by atoms with Gasteiger partial charge in [-0.3, -0.25) is 9.69 Å². The molecule has 1 unspecified atom stereocenters. The highest BCUT2D eigenvalue weighted by Gasteiger charge is 2.40. The molecule has 2 aromatic carbocycles. The molecular weight excluding hydrogens is 416 g/mol. The number of halogens is 1. The number of nitrogens with one attached hydrogen (secondary N) is 1. The number of hydrogen-bond acceptors (Lipinski definition) is 5. The molecule has 0 radical (unpaired) electrons. The van der Waals surface area contributed by atoms with Crippen LogP contribution >= 0.6 is 15.9 Å². The van der Waals surface area contributed by atoms with Crippen LogP contribution in [0.4, 0.5) is 4.79 Å². The smallest absolute Gasteiger partial charge is 0.325 e. The van der Waals surface area contributed by atoms with Gasteiger partial charge in [0.1, 0.15) is 29.9 Å². The average molecular weight is 435 g/mol. The van der Waals surface area contributed by atoms with Crippen LogP contribution in [0.15, 0.2) is 46.9 Å². The summed E-state index contributed by atoms with van der Waals surface area (Å²) in [4.78, 5) is 26.1. The molecule has 1 atom stereocenters. The highest BCUT2D eigenvalue weighted by Crippen LogP contribution is 2.32. The Bertz CT molecular complexity index is 840. The third-order valence-corrected chi connectivity index (χ3v) is 4.67. The second-order valence-corrected chi connectivity index (χ2v) is 6.70. The second-order valence-electron chi connectivity index (χ2n) is 5.78. The molecule has 0 spiro atoms. The van der Waals surface area contributed by atoms with Crippen LogP contribution in [-0.2, 0) is 4.79 Å². The highest BCUT2D eigenvalue weighted by atomic mass is 79.9. The molecule has 142 valence electrons. The molecule has 7 nitrogen and oxygen atoms in total. The number of nitrogens with zero attached hydrogens (tertiary/aromatic N) is 1. The fourth-order valence-corrected chi connectivity index (χ4v) is 3.18. The van der Waals surface area contributed by atoms with E-state index in [1.165, 1.54) is 7.11 Å². The van der Waals surface area contributed by atoms with Crippen molar-refractivity contribution in [3.63, 3.8) is 0 Å². The van der Waals surface area contributed by atoms with Gasteiger partial charge in [-0.2, -0.15) is 0 Å². The summed E-state index contributed by atoms with van der Waals surface area (Å²) in [5.74, 6) is 1.55. The summed E-state index contributed by atoms with van der Waals surface area (Å²) in [7, 11) is 3.11. The standard InChI is InChI=1S/C19H19BrN2O5/c1-25-13-4-6-14(7-5-13)27-10-9-22-18(23)17(21-19(22)24)15-11-12(20)3-8-16(15)26-2/h3-8,11,17H,9-10H2,1-2H3,(H,21,24). The summed E-state index contributed by atoms with van der Waals surface area (Å²) in [5, 5.41) is 2.70. The summed E-state index contributed by atoms with van der Waals surface area (Å²) in [6.45, 7) is 0.331. The molecule has 1 N–H and O–H groups in total. The zero-order valence-electron chi connectivity index (χ0n) is 14.9. The molecule has 27 heavy (non-hydrogen) atoms. The van der Waals surface area contributed by atoms with Crippen LogP contribution in [-0.4, -0.2) is 44.2 Å². The first-order chi connectivity index (χ1) is 13.0. The zero-order valence-corrected chi connectivity index (χ0v) is 16.5. The Balaban J connectivity index is 1.65. The van der Waals surface area contributed by atoms with Crippen molar-refractivity contribution in [1.82, 2.24) is 10.2 Å². The molecule has 1 fully saturated rings. The summed E-state index contributed by atoms with van der Waals surface area (Å²) in [5.41, 5.74) is 0.601. The van der Waals surface area contributed by atoms with E-state index in [1.807, 2.05) is 6.07 Å². The van der Waals surface area contributed by atoms with Crippen molar-refractivity contribution in [3.8, 4) is 17.2 Å². The van der Waals surface area contributed by atoms with Gasteiger partial charge in [-0.05, 0) is 42.5 Å². The maximum absolute atomic E-state index is 12.7. The average Bonchev–Trinajstić information content (AvgIpc) is 2.96. The Kier molecular flexibility index (Phi) is 5.85. The monoisotopic (exact) mass is 434 g/mol. The Morgan fingerprint density at radius 3 is 2.41 bits per heavy atom. The van der Waals surface area contributed by atoms with Gasteiger partial charge in [0.05, 0.1) is 20.8 Å². The van der Waals surface area contributed by atoms with Crippen LogP contribution in [0, 0.1) is 0 Å². The lowest BCUT2D eigenvalue weighted by atomic mass is 10.1. The van der Waals surface area contributed by atoms with Crippen LogP contribution in [0.3, 0.4) is 0 Å². The van der Waals surface area contributed by atoms with Crippen molar-refractivity contribution < 1.29 is 23.8 Å². The first-order valence-corrected chi connectivity index (χ1v) is 9.05. The van der Waals surface area contributed by atoms with E-state index in [0.717, 1.165) is 15.1 Å². The number of rotatable bonds is 7. The number of imide groups is 1. The van der Waals surface area contributed by atoms with E-state index in [0.29, 0.717) is 17.1 Å². The van der Waals surface area contributed by atoms with E-state index in [9.17, 15) is 9.59 Å². The van der Waals surface area contributed by atoms with E-state index >= 15 is 0 Å². The largest absolute Gasteiger partial charge is 0.497 e. The molecule has 1 heterocycles. The number of carbonyl (C=O) groups excluding carboxylic acids is 2. The fourth-order valence-electron chi connectivity index (χ4n) is 2.80. The molecule has 1 aliphatic heterocycles. The molecule has 3 rings (SSSR count). The van der Waals surface area contributed by atoms with Crippen LogP contribution < -0.4 is 19.5 Å². The first kappa shape index (κ1) is 19.0. The fraction of sp³-hybridized carbons (Fsp3) is 0.263. The molecular formula is C19H19BrN2O5. The SMILES string of the molecule is COc1ccc(OCCN2C(=O)NC(c3cc(Br)ccc3OC)C2=O)cc1. The predicted octanol–water partition coefficient (Wildman–Crippen LogP) is 3.14. The van der Waals surface area contributed by atoms with Crippen LogP contribution in [0.1, 0.15) is 11.6 Å². The zero-order chi connectivity index (χ0) is 19.4. The lowest BCUT2D eigenvalue weighted by molar-refractivity contribution is -0.127. The number of ether oxygens (including phenoxy) is 3. The van der Waals surface area contributed by atoms with Crippen molar-refractivity contribution in [2.24, 2.45) is 0 Å². The minimum atomic E-state index is -0.786. The van der Waals surface area contributed by atoms with Gasteiger partial charge in [0.15, 0.2) is 0 Å². The number of hydrogen-bond donors (Lipinski definition) is 1. The lowest BCUT2D eigenvalue weighted by Gasteiger charge is -2.15. The number of carbonyl (C=O) groups is 2. The van der Waals surface area contributed by atoms with Gasteiger partial charge in [0.25, 0.3) is 5.91 Å². The second kappa shape index (κ2) is 8.30. The molecule has 2 aromatic rings. The first-order valence-electron chi connectivity index (χ1n) is 8.25. The van der Waals surface area contributed by atoms with Gasteiger partial charge >= 0.3 is 6.03 Å². The molecule has 1 saturated heterocycles. The normalized spacial score (nSPS) is 16.3. The number of methoxy groups -OCH3 is 2. The van der Waals surface area contributed by atoms with E-state index in [1.54, 1.807) is 43.5 Å². The number of amides is 3. The maximum atomic E-state index is 12.7. The van der Waals surface area contributed by atoms with Gasteiger partial charge in [0.2, 0.25) is 0 Å². The topological polar surface area (TPSA) is 77.1 Å². The molecule has 0 aliphatic carbocycles. The third-order valence-electron chi connectivity index (χ3n) is 4.17. The number of benzene rings is 2. The van der Waals surface area contributed by atoms with Gasteiger partial charge in [-0.15, -0.1) is 0 Å². The van der Waals surface area contributed by atoms with Gasteiger partial charge < -0.3 is 19.5 Å². The van der Waals surface area contributed by atoms with E-state index in [4.69, 9.17) is 14.2 Å². The molecule has 0 bridgehead atoms. The minimum absolute atomic E-state index is 0.142. The van der Waals surface area contributed by atoms with Gasteiger partial charge in [-0.25, -0.2) is 4.79 Å². The van der Waals surface area contributed by atoms with Crippen molar-refractivity contribution >= 4 is 27.9 Å². The van der Waals surface area contributed by atoms with Crippen LogP contribution in [0.25, 0.3) is 0 Å². The molecule has 8 heteroatoms. The molecule has 3 amide bonds. The summed E-state index contributed by atoms with van der Waals surface area (Å²) < 4.78 is 16.8. The summed E-state index contributed by atoms with van der Waals surface area (Å²) >= 11 is 3.38. The van der Waals surface area contributed by atoms with Crippen molar-refractivity contribution in [2.75, 3.05) is 27.4 Å². The van der Waals surface area contributed by atoms with Crippen molar-refractivity contribution in [2.45, 2.75) is 6.04 Å². The number of urea groups is 1. The van der Waals surface area contributed by atoms with E-state index in [2.05, 4.69) is 21.2 Å². The Labute approximate surface area is 165 Å². The molecule has 0 saturated carbocycles. The summed E-state index contributed by atoms with van der Waals surface area (Å²) in [6, 6.07) is 11.2. The Morgan fingerprint density at radius 2 is 1.74 bits per heavy atom. The van der Waals surface area contributed by atoms with Crippen molar-refractivity contribution in [3.05, 3.63) is 52.5 Å². The molecule has 1 aliphatic rings. The maximum Gasteiger partial charge on any atom is 0.325 e. The van der Waals surface area contributed by atoms with E-state index < -0.39 is 12.1 Å². The predicted molar refractivity (Wildman–Crippen MR) is 102 cm³/mol. The van der Waals surface area contributed by atoms with Gasteiger partial charge in [0, 0.05) is 10.0 Å². The van der Waals surface area contributed by atoms with Crippen LogP contribution in [0.5, 0.6) is 17.2 Å². The minimum Gasteiger partial charge on any atom is -0.497 e. The lowest BCUT2D eigenvalue weighted by Crippen LogP contribution is -2.34. The van der Waals surface area contributed by atoms with Gasteiger partial charge in [-0.1, -0.05) is 15.9 Å². The summed E-state index contributed by atoms with van der Waals surface area (Å²) in [6.07, 6.45) is 0. The Morgan fingerprint density at radius 1 is 1.04 bits per heavy atom. The highest BCUT2D eigenvalue weighted by molar-refractivity contribution is 9.10. The van der Waals surface area contributed by atoms with Crippen LogP contribution in [0.2, 0.25) is 0 Å². The molecule has 0 aromatic heterocycles.